The van der Waals surface area contributed by atoms with Crippen molar-refractivity contribution >= 4 is 22.4 Å². The summed E-state index contributed by atoms with van der Waals surface area (Å²) in [7, 11) is 0. The van der Waals surface area contributed by atoms with Gasteiger partial charge in [-0.15, -0.1) is 6.58 Å². The molecule has 168 valence electrons. The van der Waals surface area contributed by atoms with Crippen molar-refractivity contribution in [2.45, 2.75) is 38.5 Å². The zero-order valence-electron chi connectivity index (χ0n) is 18.6. The zero-order chi connectivity index (χ0) is 23.2. The van der Waals surface area contributed by atoms with E-state index in [0.29, 0.717) is 40.8 Å². The molecule has 3 heteroatoms. The molecule has 0 aliphatic rings. The van der Waals surface area contributed by atoms with Crippen LogP contribution in [0, 0.1) is 11.6 Å². The van der Waals surface area contributed by atoms with Crippen LogP contribution in [0.4, 0.5) is 8.78 Å². The van der Waals surface area contributed by atoms with Crippen LogP contribution < -0.4 is 0 Å². The monoisotopic (exact) mass is 460 g/mol. The molecule has 0 N–H and O–H groups in total. The molecule has 0 atom stereocenters. The highest BCUT2D eigenvalue weighted by Crippen LogP contribution is 2.25. The number of hydrogen-bond donors (Lipinski definition) is 0. The topological polar surface area (TPSA) is 0 Å². The SMILES string of the molecule is C=CCCc1ccc(CCc2ccc3c(F)c(CCc4ccc(Cl)cc4)ccc3c2)c(F)c1. The minimum Gasteiger partial charge on any atom is -0.207 e. The largest absolute Gasteiger partial charge is 0.207 e. The molecule has 0 nitrogen and oxygen atoms in total. The molecule has 0 aromatic heterocycles. The van der Waals surface area contributed by atoms with Crippen LogP contribution in [0.25, 0.3) is 10.8 Å². The third kappa shape index (κ3) is 5.89. The molecular weight excluding hydrogens is 434 g/mol. The first-order chi connectivity index (χ1) is 16.0. The van der Waals surface area contributed by atoms with E-state index >= 15 is 4.39 Å². The Morgan fingerprint density at radius 2 is 1.30 bits per heavy atom. The molecule has 0 bridgehead atoms. The summed E-state index contributed by atoms with van der Waals surface area (Å²) >= 11 is 5.94. The Morgan fingerprint density at radius 3 is 2.06 bits per heavy atom. The van der Waals surface area contributed by atoms with Crippen LogP contribution in [0.2, 0.25) is 5.02 Å². The van der Waals surface area contributed by atoms with Crippen molar-refractivity contribution in [3.63, 3.8) is 0 Å². The summed E-state index contributed by atoms with van der Waals surface area (Å²) in [5, 5.41) is 2.21. The van der Waals surface area contributed by atoms with Crippen molar-refractivity contribution in [3.05, 3.63) is 130 Å². The van der Waals surface area contributed by atoms with Crippen LogP contribution >= 0.6 is 11.6 Å². The summed E-state index contributed by atoms with van der Waals surface area (Å²) in [6, 6.07) is 22.8. The number of benzene rings is 4. The third-order valence-electron chi connectivity index (χ3n) is 6.13. The quantitative estimate of drug-likeness (QED) is 0.220. The summed E-state index contributed by atoms with van der Waals surface area (Å²) in [5.41, 5.74) is 4.62. The molecule has 0 fully saturated rings. The van der Waals surface area contributed by atoms with E-state index in [2.05, 4.69) is 6.58 Å². The van der Waals surface area contributed by atoms with Gasteiger partial charge >= 0.3 is 0 Å². The number of aryl methyl sites for hydroxylation is 5. The first kappa shape index (κ1) is 23.2. The van der Waals surface area contributed by atoms with Crippen LogP contribution in [0.3, 0.4) is 0 Å². The molecule has 0 aliphatic carbocycles. The number of hydrogen-bond acceptors (Lipinski definition) is 0. The predicted molar refractivity (Wildman–Crippen MR) is 135 cm³/mol. The Hall–Kier alpha value is -2.97. The fourth-order valence-corrected chi connectivity index (χ4v) is 4.29. The molecule has 4 aromatic rings. The highest BCUT2D eigenvalue weighted by atomic mass is 35.5. The summed E-state index contributed by atoms with van der Waals surface area (Å²) in [5.74, 6) is -0.317. The maximum Gasteiger partial charge on any atom is 0.134 e. The molecule has 33 heavy (non-hydrogen) atoms. The Labute approximate surface area is 199 Å². The lowest BCUT2D eigenvalue weighted by Gasteiger charge is -2.10. The summed E-state index contributed by atoms with van der Waals surface area (Å²) < 4.78 is 29.6. The van der Waals surface area contributed by atoms with E-state index < -0.39 is 0 Å². The minimum absolute atomic E-state index is 0.158. The molecular formula is C30H27ClF2. The Morgan fingerprint density at radius 1 is 0.667 bits per heavy atom. The van der Waals surface area contributed by atoms with Gasteiger partial charge in [-0.1, -0.05) is 72.3 Å². The van der Waals surface area contributed by atoms with Gasteiger partial charge in [0.05, 0.1) is 0 Å². The van der Waals surface area contributed by atoms with Gasteiger partial charge in [-0.3, -0.25) is 0 Å². The van der Waals surface area contributed by atoms with E-state index in [-0.39, 0.29) is 11.6 Å². The van der Waals surface area contributed by atoms with Gasteiger partial charge in [-0.25, -0.2) is 8.78 Å². The maximum absolute atomic E-state index is 15.1. The average molecular weight is 461 g/mol. The van der Waals surface area contributed by atoms with E-state index in [1.807, 2.05) is 72.8 Å². The molecule has 0 saturated carbocycles. The van der Waals surface area contributed by atoms with Gasteiger partial charge in [-0.2, -0.15) is 0 Å². The standard InChI is InChI=1S/C30H27ClF2/c1-2-3-4-22-6-11-24(29(32)20-22)12-7-23-10-18-28-26(19-23)15-14-25(30(28)33)13-5-21-8-16-27(31)17-9-21/h2,6,8-11,14-20H,1,3-5,7,12-13H2. The number of halogens is 3. The molecule has 4 rings (SSSR count). The zero-order valence-corrected chi connectivity index (χ0v) is 19.3. The predicted octanol–water partition coefficient (Wildman–Crippen LogP) is 8.46. The Balaban J connectivity index is 1.43. The van der Waals surface area contributed by atoms with Crippen molar-refractivity contribution < 1.29 is 8.78 Å². The second-order valence-electron chi connectivity index (χ2n) is 8.47. The van der Waals surface area contributed by atoms with Gasteiger partial charge in [0.25, 0.3) is 0 Å². The minimum atomic E-state index is -0.159. The fourth-order valence-electron chi connectivity index (χ4n) is 4.16. The van der Waals surface area contributed by atoms with Crippen molar-refractivity contribution in [1.29, 1.82) is 0 Å². The van der Waals surface area contributed by atoms with Crippen molar-refractivity contribution in [3.8, 4) is 0 Å². The lowest BCUT2D eigenvalue weighted by atomic mass is 9.97. The summed E-state index contributed by atoms with van der Waals surface area (Å²) in [6.07, 6.45) is 6.20. The Bertz CT molecular complexity index is 1260. The molecule has 0 amide bonds. The molecule has 0 radical (unpaired) electrons. The second kappa shape index (κ2) is 10.8. The van der Waals surface area contributed by atoms with Gasteiger partial charge in [-0.05, 0) is 89.9 Å². The van der Waals surface area contributed by atoms with E-state index in [1.54, 1.807) is 6.07 Å². The molecule has 0 heterocycles. The summed E-state index contributed by atoms with van der Waals surface area (Å²) in [6.45, 7) is 3.71. The normalized spacial score (nSPS) is 11.1. The van der Waals surface area contributed by atoms with Gasteiger partial charge in [0.15, 0.2) is 0 Å². The van der Waals surface area contributed by atoms with E-state index in [4.69, 9.17) is 11.6 Å². The van der Waals surface area contributed by atoms with Crippen LogP contribution in [0.5, 0.6) is 0 Å². The molecule has 0 unspecified atom stereocenters. The van der Waals surface area contributed by atoms with Crippen molar-refractivity contribution in [2.75, 3.05) is 0 Å². The fraction of sp³-hybridized carbons (Fsp3) is 0.200. The lowest BCUT2D eigenvalue weighted by Crippen LogP contribution is -1.98. The Kier molecular flexibility index (Phi) is 7.57. The van der Waals surface area contributed by atoms with Crippen LogP contribution in [-0.4, -0.2) is 0 Å². The lowest BCUT2D eigenvalue weighted by molar-refractivity contribution is 0.606. The second-order valence-corrected chi connectivity index (χ2v) is 8.91. The average Bonchev–Trinajstić information content (AvgIpc) is 2.82. The smallest absolute Gasteiger partial charge is 0.134 e. The van der Waals surface area contributed by atoms with Crippen LogP contribution in [0.15, 0.2) is 85.5 Å². The van der Waals surface area contributed by atoms with Crippen molar-refractivity contribution in [1.82, 2.24) is 0 Å². The first-order valence-corrected chi connectivity index (χ1v) is 11.7. The van der Waals surface area contributed by atoms with Crippen LogP contribution in [0.1, 0.15) is 34.2 Å². The molecule has 4 aromatic carbocycles. The van der Waals surface area contributed by atoms with Gasteiger partial charge < -0.3 is 0 Å². The number of allylic oxidation sites excluding steroid dienone is 1. The van der Waals surface area contributed by atoms with Gasteiger partial charge in [0, 0.05) is 10.4 Å². The third-order valence-corrected chi connectivity index (χ3v) is 6.38. The molecule has 0 spiro atoms. The van der Waals surface area contributed by atoms with E-state index in [9.17, 15) is 4.39 Å². The summed E-state index contributed by atoms with van der Waals surface area (Å²) in [4.78, 5) is 0. The van der Waals surface area contributed by atoms with E-state index in [0.717, 1.165) is 41.3 Å². The highest BCUT2D eigenvalue weighted by Gasteiger charge is 2.10. The van der Waals surface area contributed by atoms with Crippen LogP contribution in [-0.2, 0) is 32.1 Å². The van der Waals surface area contributed by atoms with E-state index in [1.165, 1.54) is 0 Å². The van der Waals surface area contributed by atoms with Gasteiger partial charge in [0.2, 0.25) is 0 Å². The molecule has 0 saturated heterocycles. The van der Waals surface area contributed by atoms with Crippen molar-refractivity contribution in [2.24, 2.45) is 0 Å². The first-order valence-electron chi connectivity index (χ1n) is 11.4. The number of rotatable bonds is 9. The van der Waals surface area contributed by atoms with Gasteiger partial charge in [0.1, 0.15) is 11.6 Å². The number of fused-ring (bicyclic) bond motifs is 1. The highest BCUT2D eigenvalue weighted by molar-refractivity contribution is 6.30. The molecule has 0 aliphatic heterocycles. The maximum atomic E-state index is 15.1.